The molecular formula is C11H14N2O. The van der Waals surface area contributed by atoms with Gasteiger partial charge >= 0.3 is 0 Å². The molecule has 0 aliphatic rings. The summed E-state index contributed by atoms with van der Waals surface area (Å²) < 4.78 is 7.20. The maximum absolute atomic E-state index is 5.29. The van der Waals surface area contributed by atoms with Crippen LogP contribution < -0.4 is 0 Å². The summed E-state index contributed by atoms with van der Waals surface area (Å²) in [6.07, 6.45) is 1.67. The number of furan rings is 1. The largest absolute Gasteiger partial charge is 0.463 e. The molecule has 0 bridgehead atoms. The van der Waals surface area contributed by atoms with Crippen molar-refractivity contribution in [1.29, 1.82) is 0 Å². The van der Waals surface area contributed by atoms with Gasteiger partial charge in [0, 0.05) is 12.7 Å². The van der Waals surface area contributed by atoms with Crippen molar-refractivity contribution in [3.63, 3.8) is 0 Å². The minimum absolute atomic E-state index is 0.483. The quantitative estimate of drug-likeness (QED) is 0.729. The molecule has 2 heterocycles. The van der Waals surface area contributed by atoms with Crippen LogP contribution in [-0.4, -0.2) is 9.78 Å². The van der Waals surface area contributed by atoms with Crippen LogP contribution in [0.15, 0.2) is 28.9 Å². The van der Waals surface area contributed by atoms with Crippen LogP contribution in [0.3, 0.4) is 0 Å². The molecule has 3 nitrogen and oxygen atoms in total. The monoisotopic (exact) mass is 190 g/mol. The van der Waals surface area contributed by atoms with Gasteiger partial charge in [0.15, 0.2) is 5.76 Å². The molecule has 3 heteroatoms. The molecule has 2 aromatic rings. The summed E-state index contributed by atoms with van der Waals surface area (Å²) >= 11 is 0. The minimum atomic E-state index is 0.483. The van der Waals surface area contributed by atoms with E-state index in [-0.39, 0.29) is 0 Å². The maximum Gasteiger partial charge on any atom is 0.154 e. The van der Waals surface area contributed by atoms with Crippen LogP contribution in [0.1, 0.15) is 25.5 Å². The Bertz CT molecular complexity index is 412. The number of nitrogens with zero attached hydrogens (tertiary/aromatic N) is 2. The summed E-state index contributed by atoms with van der Waals surface area (Å²) in [7, 11) is 1.96. The van der Waals surface area contributed by atoms with Crippen LogP contribution in [0.4, 0.5) is 0 Å². The first kappa shape index (κ1) is 9.06. The van der Waals surface area contributed by atoms with Gasteiger partial charge in [0.2, 0.25) is 0 Å². The topological polar surface area (TPSA) is 31.0 Å². The Morgan fingerprint density at radius 2 is 2.21 bits per heavy atom. The van der Waals surface area contributed by atoms with Crippen molar-refractivity contribution in [3.8, 4) is 11.5 Å². The third-order valence-electron chi connectivity index (χ3n) is 2.28. The zero-order chi connectivity index (χ0) is 10.1. The first-order chi connectivity index (χ1) is 6.68. The van der Waals surface area contributed by atoms with Gasteiger partial charge < -0.3 is 4.42 Å². The van der Waals surface area contributed by atoms with Crippen LogP contribution >= 0.6 is 0 Å². The molecular weight excluding hydrogens is 176 g/mol. The first-order valence-corrected chi connectivity index (χ1v) is 4.76. The average Bonchev–Trinajstić information content (AvgIpc) is 2.70. The molecule has 0 saturated carbocycles. The number of rotatable bonds is 2. The van der Waals surface area contributed by atoms with E-state index in [2.05, 4.69) is 25.0 Å². The van der Waals surface area contributed by atoms with E-state index in [0.29, 0.717) is 5.92 Å². The lowest BCUT2D eigenvalue weighted by Gasteiger charge is -2.02. The fourth-order valence-electron chi connectivity index (χ4n) is 1.57. The zero-order valence-corrected chi connectivity index (χ0v) is 8.69. The van der Waals surface area contributed by atoms with Crippen molar-refractivity contribution in [2.75, 3.05) is 0 Å². The molecule has 2 rings (SSSR count). The van der Waals surface area contributed by atoms with Crippen LogP contribution in [0.2, 0.25) is 0 Å². The van der Waals surface area contributed by atoms with Crippen LogP contribution in [0.5, 0.6) is 0 Å². The molecule has 0 atom stereocenters. The third-order valence-corrected chi connectivity index (χ3v) is 2.28. The standard InChI is InChI=1S/C11H14N2O/c1-8(2)10-7-9(12-13(10)3)11-5-4-6-14-11/h4-8H,1-3H3. The van der Waals surface area contributed by atoms with Crippen molar-refractivity contribution < 1.29 is 4.42 Å². The summed E-state index contributed by atoms with van der Waals surface area (Å²) in [5, 5.41) is 4.40. The average molecular weight is 190 g/mol. The Morgan fingerprint density at radius 3 is 2.71 bits per heavy atom. The highest BCUT2D eigenvalue weighted by molar-refractivity contribution is 5.52. The molecule has 0 radical (unpaired) electrons. The van der Waals surface area contributed by atoms with Gasteiger partial charge in [-0.25, -0.2) is 0 Å². The van der Waals surface area contributed by atoms with E-state index in [0.717, 1.165) is 11.5 Å². The second-order valence-corrected chi connectivity index (χ2v) is 3.71. The Balaban J connectivity index is 2.43. The summed E-state index contributed by atoms with van der Waals surface area (Å²) in [4.78, 5) is 0. The molecule has 0 spiro atoms. The minimum Gasteiger partial charge on any atom is -0.463 e. The lowest BCUT2D eigenvalue weighted by Crippen LogP contribution is -1.99. The van der Waals surface area contributed by atoms with Crippen molar-refractivity contribution >= 4 is 0 Å². The number of hydrogen-bond acceptors (Lipinski definition) is 2. The summed E-state index contributed by atoms with van der Waals surface area (Å²) in [6, 6.07) is 5.87. The van der Waals surface area contributed by atoms with Gasteiger partial charge in [0.25, 0.3) is 0 Å². The van der Waals surface area contributed by atoms with Gasteiger partial charge in [-0.3, -0.25) is 4.68 Å². The summed E-state index contributed by atoms with van der Waals surface area (Å²) in [5.41, 5.74) is 2.12. The lowest BCUT2D eigenvalue weighted by atomic mass is 10.1. The molecule has 0 aliphatic heterocycles. The van der Waals surface area contributed by atoms with Crippen molar-refractivity contribution in [3.05, 3.63) is 30.2 Å². The van der Waals surface area contributed by atoms with E-state index in [9.17, 15) is 0 Å². The number of aryl methyl sites for hydroxylation is 1. The highest BCUT2D eigenvalue weighted by atomic mass is 16.3. The Morgan fingerprint density at radius 1 is 1.43 bits per heavy atom. The van der Waals surface area contributed by atoms with Gasteiger partial charge in [-0.15, -0.1) is 0 Å². The normalized spacial score (nSPS) is 11.1. The molecule has 0 aromatic carbocycles. The molecule has 0 fully saturated rings. The molecule has 14 heavy (non-hydrogen) atoms. The smallest absolute Gasteiger partial charge is 0.154 e. The lowest BCUT2D eigenvalue weighted by molar-refractivity contribution is 0.577. The van der Waals surface area contributed by atoms with Crippen LogP contribution in [-0.2, 0) is 7.05 Å². The molecule has 2 aromatic heterocycles. The molecule has 74 valence electrons. The SMILES string of the molecule is CC(C)c1cc(-c2ccco2)nn1C. The number of aromatic nitrogens is 2. The van der Waals surface area contributed by atoms with Gasteiger partial charge in [0.05, 0.1) is 6.26 Å². The van der Waals surface area contributed by atoms with Crippen molar-refractivity contribution in [1.82, 2.24) is 9.78 Å². The third kappa shape index (κ3) is 1.45. The number of hydrogen-bond donors (Lipinski definition) is 0. The second-order valence-electron chi connectivity index (χ2n) is 3.71. The molecule has 0 aliphatic carbocycles. The predicted molar refractivity (Wildman–Crippen MR) is 55.0 cm³/mol. The Hall–Kier alpha value is -1.51. The molecule has 0 amide bonds. The fourth-order valence-corrected chi connectivity index (χ4v) is 1.57. The highest BCUT2D eigenvalue weighted by Crippen LogP contribution is 2.22. The van der Waals surface area contributed by atoms with E-state index in [1.54, 1.807) is 6.26 Å². The molecule has 0 unspecified atom stereocenters. The van der Waals surface area contributed by atoms with Crippen molar-refractivity contribution in [2.45, 2.75) is 19.8 Å². The maximum atomic E-state index is 5.29. The fraction of sp³-hybridized carbons (Fsp3) is 0.364. The first-order valence-electron chi connectivity index (χ1n) is 4.76. The van der Waals surface area contributed by atoms with Gasteiger partial charge in [-0.05, 0) is 24.1 Å². The Kier molecular flexibility index (Phi) is 2.15. The highest BCUT2D eigenvalue weighted by Gasteiger charge is 2.11. The zero-order valence-electron chi connectivity index (χ0n) is 8.69. The van der Waals surface area contributed by atoms with E-state index in [1.807, 2.05) is 23.9 Å². The van der Waals surface area contributed by atoms with Crippen LogP contribution in [0.25, 0.3) is 11.5 Å². The van der Waals surface area contributed by atoms with Gasteiger partial charge in [-0.2, -0.15) is 5.10 Å². The molecule has 0 N–H and O–H groups in total. The van der Waals surface area contributed by atoms with E-state index in [4.69, 9.17) is 4.42 Å². The van der Waals surface area contributed by atoms with E-state index < -0.39 is 0 Å². The van der Waals surface area contributed by atoms with Crippen molar-refractivity contribution in [2.24, 2.45) is 7.05 Å². The van der Waals surface area contributed by atoms with Gasteiger partial charge in [0.1, 0.15) is 5.69 Å². The Labute approximate surface area is 83.3 Å². The summed E-state index contributed by atoms with van der Waals surface area (Å²) in [6.45, 7) is 4.31. The van der Waals surface area contributed by atoms with E-state index >= 15 is 0 Å². The van der Waals surface area contributed by atoms with Gasteiger partial charge in [-0.1, -0.05) is 13.8 Å². The second kappa shape index (κ2) is 3.33. The predicted octanol–water partition coefficient (Wildman–Crippen LogP) is 2.80. The van der Waals surface area contributed by atoms with Crippen LogP contribution in [0, 0.1) is 0 Å². The molecule has 0 saturated heterocycles. The van der Waals surface area contributed by atoms with E-state index in [1.165, 1.54) is 5.69 Å². The summed E-state index contributed by atoms with van der Waals surface area (Å²) in [5.74, 6) is 1.31.